The fraction of sp³-hybridized carbons (Fsp3) is 0.333. The van der Waals surface area contributed by atoms with Crippen LogP contribution in [0.2, 0.25) is 0 Å². The number of hydrogen-bond donors (Lipinski definition) is 2. The van der Waals surface area contributed by atoms with Crippen molar-refractivity contribution >= 4 is 17.9 Å². The van der Waals surface area contributed by atoms with Crippen molar-refractivity contribution in [2.45, 2.75) is 44.8 Å². The summed E-state index contributed by atoms with van der Waals surface area (Å²) in [6.45, 7) is 3.97. The van der Waals surface area contributed by atoms with Gasteiger partial charge >= 0.3 is 0 Å². The van der Waals surface area contributed by atoms with Crippen LogP contribution in [-0.4, -0.2) is 45.0 Å². The average Bonchev–Trinajstić information content (AvgIpc) is 3.31. The number of Topliss-reactive ketones (excluding diaryl/α,β-unsaturated/α-hetero) is 1. The quantitative estimate of drug-likeness (QED) is 0.524. The number of aromatic nitrogens is 3. The number of aliphatic imine (C=N–C) groups is 1. The first kappa shape index (κ1) is 22.8. The van der Waals surface area contributed by atoms with Crippen LogP contribution in [-0.2, 0) is 4.79 Å². The highest BCUT2D eigenvalue weighted by Crippen LogP contribution is 2.41. The molecule has 1 aliphatic heterocycles. The van der Waals surface area contributed by atoms with Gasteiger partial charge in [-0.3, -0.25) is 9.79 Å². The van der Waals surface area contributed by atoms with E-state index in [1.54, 1.807) is 13.3 Å². The van der Waals surface area contributed by atoms with Crippen LogP contribution in [0.5, 0.6) is 5.75 Å². The van der Waals surface area contributed by atoms with Gasteiger partial charge in [0.25, 0.3) is 0 Å². The molecule has 1 aromatic heterocycles. The first-order chi connectivity index (χ1) is 16.9. The second-order valence-corrected chi connectivity index (χ2v) is 9.85. The molecule has 3 aromatic rings. The smallest absolute Gasteiger partial charge is 0.222 e. The number of ketones is 1. The van der Waals surface area contributed by atoms with E-state index < -0.39 is 0 Å². The van der Waals surface area contributed by atoms with Gasteiger partial charge in [0.15, 0.2) is 5.78 Å². The van der Waals surface area contributed by atoms with Crippen LogP contribution < -0.4 is 10.1 Å². The summed E-state index contributed by atoms with van der Waals surface area (Å²) in [5, 5.41) is 18.6. The van der Waals surface area contributed by atoms with Gasteiger partial charge < -0.3 is 15.2 Å². The van der Waals surface area contributed by atoms with E-state index in [1.807, 2.05) is 73.1 Å². The van der Waals surface area contributed by atoms with Crippen LogP contribution in [0.15, 0.2) is 77.2 Å². The van der Waals surface area contributed by atoms with Gasteiger partial charge in [-0.05, 0) is 28.7 Å². The molecule has 3 unspecified atom stereocenters. The van der Waals surface area contributed by atoms with E-state index in [2.05, 4.69) is 15.4 Å². The third kappa shape index (κ3) is 4.43. The maximum absolute atomic E-state index is 12.9. The highest BCUT2D eigenvalue weighted by molar-refractivity contribution is 6.14. The van der Waals surface area contributed by atoms with Gasteiger partial charge in [-0.25, -0.2) is 4.68 Å². The summed E-state index contributed by atoms with van der Waals surface area (Å²) >= 11 is 0. The number of aliphatic hydroxyl groups excluding tert-OH is 1. The molecule has 3 atom stereocenters. The predicted octanol–water partition coefficient (Wildman–Crippen LogP) is 4.68. The number of anilines is 1. The van der Waals surface area contributed by atoms with E-state index in [0.29, 0.717) is 18.8 Å². The molecule has 0 amide bonds. The molecule has 0 bridgehead atoms. The number of nitrogens with one attached hydrogen (secondary N) is 1. The van der Waals surface area contributed by atoms with Crippen molar-refractivity contribution in [3.05, 3.63) is 83.4 Å². The van der Waals surface area contributed by atoms with Gasteiger partial charge in [-0.2, -0.15) is 10.1 Å². The van der Waals surface area contributed by atoms with Crippen molar-refractivity contribution < 1.29 is 14.6 Å². The Kier molecular flexibility index (Phi) is 5.88. The van der Waals surface area contributed by atoms with Gasteiger partial charge in [-0.15, -0.1) is 0 Å². The van der Waals surface area contributed by atoms with E-state index in [4.69, 9.17) is 9.73 Å². The Labute approximate surface area is 204 Å². The van der Waals surface area contributed by atoms with E-state index in [0.717, 1.165) is 16.9 Å². The summed E-state index contributed by atoms with van der Waals surface area (Å²) in [7, 11) is 1.64. The number of methoxy groups -OCH3 is 1. The first-order valence-corrected chi connectivity index (χ1v) is 11.7. The second kappa shape index (κ2) is 9.02. The van der Waals surface area contributed by atoms with Crippen molar-refractivity contribution in [3.8, 4) is 5.75 Å². The maximum atomic E-state index is 12.9. The Morgan fingerprint density at radius 1 is 1.11 bits per heavy atom. The molecule has 2 aliphatic rings. The van der Waals surface area contributed by atoms with Gasteiger partial charge in [0.1, 0.15) is 29.9 Å². The van der Waals surface area contributed by atoms with Crippen molar-refractivity contribution in [2.24, 2.45) is 10.4 Å². The standard InChI is InChI=1S/C27H29N5O3/c1-27(2)13-21(33)20(22(34)14-27)15-28-24-23(17-9-11-19(35-3)12-10-17)31-26-29-16-30-32(26)25(24)18-7-5-4-6-8-18/h4-12,15-16,23-25,33H,13-14H2,1-3H3,(H,29,30,31). The number of allylic oxidation sites excluding steroid dienone is 2. The molecule has 180 valence electrons. The summed E-state index contributed by atoms with van der Waals surface area (Å²) in [6, 6.07) is 17.0. The molecule has 2 aromatic carbocycles. The van der Waals surface area contributed by atoms with Gasteiger partial charge in [0.2, 0.25) is 5.95 Å². The van der Waals surface area contributed by atoms with Crippen molar-refractivity contribution in [1.82, 2.24) is 14.8 Å². The SMILES string of the molecule is COc1ccc(C2Nc3ncnn3C(c3ccccc3)C2N=CC2=C(O)CC(C)(C)CC2=O)cc1. The Morgan fingerprint density at radius 3 is 2.54 bits per heavy atom. The van der Waals surface area contributed by atoms with E-state index in [9.17, 15) is 9.90 Å². The molecule has 8 heteroatoms. The fourth-order valence-corrected chi connectivity index (χ4v) is 4.97. The van der Waals surface area contributed by atoms with Crippen molar-refractivity contribution in [2.75, 3.05) is 12.4 Å². The average molecular weight is 472 g/mol. The molecule has 2 heterocycles. The van der Waals surface area contributed by atoms with Gasteiger partial charge in [0.05, 0.1) is 18.7 Å². The number of aliphatic hydroxyl groups is 1. The van der Waals surface area contributed by atoms with E-state index in [1.165, 1.54) is 6.33 Å². The maximum Gasteiger partial charge on any atom is 0.222 e. The zero-order valence-electron chi connectivity index (χ0n) is 20.0. The predicted molar refractivity (Wildman–Crippen MR) is 134 cm³/mol. The normalized spacial score (nSPS) is 23.7. The molecule has 0 saturated carbocycles. The highest BCUT2D eigenvalue weighted by Gasteiger charge is 2.40. The van der Waals surface area contributed by atoms with Crippen LogP contribution in [0, 0.1) is 5.41 Å². The Balaban J connectivity index is 1.61. The lowest BCUT2D eigenvalue weighted by Gasteiger charge is -2.37. The molecule has 0 saturated heterocycles. The molecule has 0 spiro atoms. The Bertz CT molecular complexity index is 1280. The van der Waals surface area contributed by atoms with Crippen molar-refractivity contribution in [3.63, 3.8) is 0 Å². The van der Waals surface area contributed by atoms with E-state index in [-0.39, 0.29) is 40.7 Å². The first-order valence-electron chi connectivity index (χ1n) is 11.7. The molecule has 0 radical (unpaired) electrons. The number of fused-ring (bicyclic) bond motifs is 1. The van der Waals surface area contributed by atoms with Crippen LogP contribution in [0.4, 0.5) is 5.95 Å². The van der Waals surface area contributed by atoms with Crippen molar-refractivity contribution in [1.29, 1.82) is 0 Å². The Morgan fingerprint density at radius 2 is 1.86 bits per heavy atom. The minimum Gasteiger partial charge on any atom is -0.511 e. The number of ether oxygens (including phenoxy) is 1. The van der Waals surface area contributed by atoms with Crippen LogP contribution >= 0.6 is 0 Å². The van der Waals surface area contributed by atoms with Crippen LogP contribution in [0.25, 0.3) is 0 Å². The monoisotopic (exact) mass is 471 g/mol. The molecule has 5 rings (SSSR count). The van der Waals surface area contributed by atoms with Crippen LogP contribution in [0.3, 0.4) is 0 Å². The lowest BCUT2D eigenvalue weighted by molar-refractivity contribution is -0.117. The molecular weight excluding hydrogens is 442 g/mol. The third-order valence-corrected chi connectivity index (χ3v) is 6.67. The number of rotatable bonds is 5. The number of carbonyl (C=O) groups is 1. The fourth-order valence-electron chi connectivity index (χ4n) is 4.97. The molecular formula is C27H29N5O3. The molecule has 8 nitrogen and oxygen atoms in total. The number of carbonyl (C=O) groups excluding carboxylic acids is 1. The summed E-state index contributed by atoms with van der Waals surface area (Å²) in [6.07, 6.45) is 3.89. The number of nitrogens with zero attached hydrogens (tertiary/aromatic N) is 4. The highest BCUT2D eigenvalue weighted by atomic mass is 16.5. The molecule has 0 fully saturated rings. The number of benzene rings is 2. The second-order valence-electron chi connectivity index (χ2n) is 9.85. The summed E-state index contributed by atoms with van der Waals surface area (Å²) in [4.78, 5) is 22.2. The lowest BCUT2D eigenvalue weighted by atomic mass is 9.77. The topological polar surface area (TPSA) is 102 Å². The third-order valence-electron chi connectivity index (χ3n) is 6.67. The minimum atomic E-state index is -0.372. The summed E-state index contributed by atoms with van der Waals surface area (Å²) < 4.78 is 7.17. The summed E-state index contributed by atoms with van der Waals surface area (Å²) in [5.41, 5.74) is 2.04. The number of hydrogen-bond acceptors (Lipinski definition) is 7. The Hall–Kier alpha value is -3.94. The zero-order valence-corrected chi connectivity index (χ0v) is 20.0. The lowest BCUT2D eigenvalue weighted by Crippen LogP contribution is -2.40. The molecule has 35 heavy (non-hydrogen) atoms. The van der Waals surface area contributed by atoms with Gasteiger partial charge in [-0.1, -0.05) is 56.3 Å². The largest absolute Gasteiger partial charge is 0.511 e. The molecule has 2 N–H and O–H groups in total. The van der Waals surface area contributed by atoms with Crippen LogP contribution in [0.1, 0.15) is 49.9 Å². The molecule has 1 aliphatic carbocycles. The summed E-state index contributed by atoms with van der Waals surface area (Å²) in [5.74, 6) is 1.41. The van der Waals surface area contributed by atoms with E-state index >= 15 is 0 Å². The van der Waals surface area contributed by atoms with Gasteiger partial charge in [0, 0.05) is 19.1 Å². The minimum absolute atomic E-state index is 0.0926. The zero-order chi connectivity index (χ0) is 24.6.